The van der Waals surface area contributed by atoms with E-state index in [2.05, 4.69) is 54.5 Å². The summed E-state index contributed by atoms with van der Waals surface area (Å²) in [4.78, 5) is 25.4. The molecule has 5 aromatic carbocycles. The smallest absolute Gasteiger partial charge is 0.356 e. The number of nitrogens with one attached hydrogen (secondary N) is 1. The summed E-state index contributed by atoms with van der Waals surface area (Å²) >= 11 is 1.08. The molecule has 29 heteroatoms. The number of hydrogen-bond donors (Lipinski definition) is 8. The van der Waals surface area contributed by atoms with Crippen molar-refractivity contribution in [1.29, 1.82) is 0 Å². The van der Waals surface area contributed by atoms with Crippen LogP contribution in [-0.2, 0) is 28.9 Å². The lowest BCUT2D eigenvalue weighted by atomic mass is 10.1. The molecule has 0 fully saturated rings. The zero-order chi connectivity index (χ0) is 47.4. The molecule has 1 heterocycles. The minimum absolute atomic E-state index is 0.0282. The molecule has 0 unspecified atom stereocenters. The van der Waals surface area contributed by atoms with Crippen molar-refractivity contribution >= 4 is 85.1 Å². The average Bonchev–Trinajstić information content (AvgIpc) is 3.65. The molecule has 8 N–H and O–H groups in total. The summed E-state index contributed by atoms with van der Waals surface area (Å²) in [5, 5.41) is 92.5. The maximum atomic E-state index is 13.4. The van der Waals surface area contributed by atoms with Crippen molar-refractivity contribution in [2.45, 2.75) is 14.7 Å². The highest BCUT2D eigenvalue weighted by Crippen LogP contribution is 2.47. The highest BCUT2D eigenvalue weighted by atomic mass is 32.2. The van der Waals surface area contributed by atoms with Gasteiger partial charge in [0.25, 0.3) is 15.7 Å². The summed E-state index contributed by atoms with van der Waals surface area (Å²) in [6, 6.07) is 17.7. The lowest BCUT2D eigenvalue weighted by molar-refractivity contribution is -0.432. The Morgan fingerprint density at radius 3 is 1.98 bits per heavy atom. The van der Waals surface area contributed by atoms with Gasteiger partial charge < -0.3 is 34.6 Å². The maximum absolute atomic E-state index is 13.4. The van der Waals surface area contributed by atoms with E-state index in [0.717, 1.165) is 10.7 Å². The SMILES string of the molecule is COc1ccc(N=Nc2cc(OCCO)c(N=Nc3c(SOOO)cc4ccc(N=Nc5c(C(=O)O)[nH]n(-c6ccc(SOOO)cc6)c5=O)cc4c3O)cc2OCCO)c(S(=O)(=O)O)c1. The molecule has 0 aliphatic heterocycles. The van der Waals surface area contributed by atoms with Gasteiger partial charge in [0.1, 0.15) is 58.1 Å². The molecule has 0 amide bonds. The summed E-state index contributed by atoms with van der Waals surface area (Å²) in [6.07, 6.45) is 0. The van der Waals surface area contributed by atoms with Gasteiger partial charge in [-0.3, -0.25) is 14.4 Å². The van der Waals surface area contributed by atoms with Gasteiger partial charge in [0.05, 0.1) is 60.7 Å². The summed E-state index contributed by atoms with van der Waals surface area (Å²) in [5.41, 5.74) is -2.58. The first-order valence-electron chi connectivity index (χ1n) is 18.1. The van der Waals surface area contributed by atoms with Gasteiger partial charge in [-0.05, 0) is 60.0 Å². The number of nitrogens with zero attached hydrogens (tertiary/aromatic N) is 7. The monoisotopic (exact) mass is 972 g/mol. The van der Waals surface area contributed by atoms with E-state index >= 15 is 0 Å². The summed E-state index contributed by atoms with van der Waals surface area (Å²) in [6.45, 7) is -1.48. The topological polar surface area (TPSA) is 369 Å². The first-order valence-corrected chi connectivity index (χ1v) is 21.1. The third-order valence-corrected chi connectivity index (χ3v) is 10.6. The van der Waals surface area contributed by atoms with Crippen LogP contribution in [0, 0.1) is 0 Å². The van der Waals surface area contributed by atoms with E-state index in [9.17, 15) is 43.0 Å². The Balaban J connectivity index is 1.39. The Morgan fingerprint density at radius 1 is 0.758 bits per heavy atom. The van der Waals surface area contributed by atoms with Crippen molar-refractivity contribution in [1.82, 2.24) is 9.78 Å². The molecule has 0 saturated carbocycles. The van der Waals surface area contributed by atoms with Crippen LogP contribution in [0.1, 0.15) is 10.5 Å². The van der Waals surface area contributed by atoms with Gasteiger partial charge in [-0.2, -0.15) is 13.5 Å². The Labute approximate surface area is 377 Å². The number of phenols is 1. The van der Waals surface area contributed by atoms with Crippen molar-refractivity contribution < 1.29 is 81.7 Å². The second kappa shape index (κ2) is 22.4. The van der Waals surface area contributed by atoms with Crippen molar-refractivity contribution in [2.24, 2.45) is 30.7 Å². The number of benzene rings is 5. The van der Waals surface area contributed by atoms with Crippen LogP contribution in [-0.4, -0.2) is 93.2 Å². The second-order valence-corrected chi connectivity index (χ2v) is 15.5. The highest BCUT2D eigenvalue weighted by molar-refractivity contribution is 7.95. The first-order chi connectivity index (χ1) is 31.8. The number of aliphatic hydroxyl groups is 2. The molecule has 0 aliphatic carbocycles. The van der Waals surface area contributed by atoms with E-state index in [1.165, 1.54) is 79.9 Å². The van der Waals surface area contributed by atoms with Gasteiger partial charge in [-0.25, -0.2) is 20.0 Å². The van der Waals surface area contributed by atoms with Gasteiger partial charge in [-0.1, -0.05) is 16.1 Å². The van der Waals surface area contributed by atoms with Crippen LogP contribution in [0.3, 0.4) is 0 Å². The quantitative estimate of drug-likeness (QED) is 0.0106. The number of H-pyrrole nitrogens is 1. The number of ether oxygens (including phenoxy) is 3. The average molecular weight is 973 g/mol. The van der Waals surface area contributed by atoms with Crippen LogP contribution >= 0.6 is 24.1 Å². The number of aromatic carboxylic acids is 1. The molecule has 346 valence electrons. The van der Waals surface area contributed by atoms with E-state index < -0.39 is 56.9 Å². The predicted octanol–water partition coefficient (Wildman–Crippen LogP) is 7.82. The Bertz CT molecular complexity index is 2980. The van der Waals surface area contributed by atoms with Crippen LogP contribution in [0.15, 0.2) is 129 Å². The number of rotatable bonds is 22. The third-order valence-electron chi connectivity index (χ3n) is 8.50. The molecule has 0 spiro atoms. The highest BCUT2D eigenvalue weighted by Gasteiger charge is 2.23. The summed E-state index contributed by atoms with van der Waals surface area (Å²) in [5.74, 6) is -2.16. The van der Waals surface area contributed by atoms with Crippen LogP contribution < -0.4 is 19.8 Å². The molecule has 0 atom stereocenters. The molecular formula is C37H32N8O18S3. The molecule has 0 bridgehead atoms. The van der Waals surface area contributed by atoms with Crippen molar-refractivity contribution in [3.8, 4) is 28.7 Å². The number of hydrogen-bond acceptors (Lipinski definition) is 24. The largest absolute Gasteiger partial charge is 0.505 e. The van der Waals surface area contributed by atoms with E-state index in [4.69, 9.17) is 24.7 Å². The van der Waals surface area contributed by atoms with E-state index in [1.54, 1.807) is 0 Å². The van der Waals surface area contributed by atoms with Crippen molar-refractivity contribution in [3.63, 3.8) is 0 Å². The number of carboxylic acids is 1. The molecule has 66 heavy (non-hydrogen) atoms. The molecule has 26 nitrogen and oxygen atoms in total. The third kappa shape index (κ3) is 11.7. The van der Waals surface area contributed by atoms with Crippen LogP contribution in [0.2, 0.25) is 0 Å². The molecule has 0 saturated heterocycles. The number of phenolic OH excluding ortho intramolecular Hbond substituents is 1. The number of azo groups is 3. The predicted molar refractivity (Wildman–Crippen MR) is 227 cm³/mol. The fraction of sp³-hybridized carbons (Fsp3) is 0.135. The molecule has 6 rings (SSSR count). The van der Waals surface area contributed by atoms with Crippen LogP contribution in [0.4, 0.5) is 34.1 Å². The zero-order valence-electron chi connectivity index (χ0n) is 33.3. The molecule has 0 aliphatic rings. The number of aromatic hydroxyl groups is 1. The minimum atomic E-state index is -4.80. The first kappa shape index (κ1) is 48.6. The zero-order valence-corrected chi connectivity index (χ0v) is 35.8. The molecule has 6 aromatic rings. The number of aromatic amines is 1. The van der Waals surface area contributed by atoms with E-state index in [1.807, 2.05) is 0 Å². The number of aromatic nitrogens is 2. The van der Waals surface area contributed by atoms with Crippen LogP contribution in [0.5, 0.6) is 23.0 Å². The number of aliphatic hydroxyl groups excluding tert-OH is 2. The second-order valence-electron chi connectivity index (χ2n) is 12.5. The Hall–Kier alpha value is -6.87. The standard InChI is InChI=1S/C37H32N8O18S3/c1-57-22-6-9-25(31(16-22)66(54,55)56)39-40-26-17-29(59-13-11-47)27(18-28(26)58-12-10-46)41-42-32-30(65-63-61-53)14-19-2-3-20(15-24(19)35(32)48)38-43-33-34(37(50)51)44-45(36(33)49)21-4-7-23(8-5-21)64-62-60-52/h2-9,14-18,44,46-48,52-53H,10-13H2,1H3,(H,50,51)(H,54,55,56). The normalized spacial score (nSPS) is 12.0. The van der Waals surface area contributed by atoms with Crippen LogP contribution in [0.25, 0.3) is 16.5 Å². The molecule has 1 aromatic heterocycles. The summed E-state index contributed by atoms with van der Waals surface area (Å²) < 4.78 is 60.3. The van der Waals surface area contributed by atoms with Gasteiger partial charge >= 0.3 is 5.97 Å². The lowest BCUT2D eigenvalue weighted by Gasteiger charge is -2.13. The van der Waals surface area contributed by atoms with E-state index in [-0.39, 0.29) is 74.9 Å². The lowest BCUT2D eigenvalue weighted by Crippen LogP contribution is -2.13. The summed E-state index contributed by atoms with van der Waals surface area (Å²) in [7, 11) is -3.51. The number of carboxylic acid groups (broad SMARTS) is 1. The Kier molecular flexibility index (Phi) is 16.5. The minimum Gasteiger partial charge on any atom is -0.505 e. The number of methoxy groups -OCH3 is 1. The number of carbonyl (C=O) groups is 1. The van der Waals surface area contributed by atoms with Gasteiger partial charge in [-0.15, -0.1) is 34.2 Å². The fourth-order valence-electron chi connectivity index (χ4n) is 5.63. The molecule has 0 radical (unpaired) electrons. The van der Waals surface area contributed by atoms with Gasteiger partial charge in [0.2, 0.25) is 0 Å². The van der Waals surface area contributed by atoms with E-state index in [0.29, 0.717) is 34.4 Å². The van der Waals surface area contributed by atoms with Crippen molar-refractivity contribution in [2.75, 3.05) is 33.5 Å². The fourth-order valence-corrected chi connectivity index (χ4v) is 7.12. The maximum Gasteiger partial charge on any atom is 0.356 e. The van der Waals surface area contributed by atoms with Gasteiger partial charge in [0, 0.05) is 28.5 Å². The van der Waals surface area contributed by atoms with Gasteiger partial charge in [0.15, 0.2) is 17.1 Å². The number of fused-ring (bicyclic) bond motifs is 1. The Morgan fingerprint density at radius 2 is 1.38 bits per heavy atom. The molecular weight excluding hydrogens is 941 g/mol. The van der Waals surface area contributed by atoms with Crippen molar-refractivity contribution in [3.05, 3.63) is 94.9 Å².